The van der Waals surface area contributed by atoms with Gasteiger partial charge in [0.25, 0.3) is 0 Å². The SMILES string of the molecule is C=CCNC(=O)N1CCC=C(F)C1. The molecular weight excluding hydrogens is 171 g/mol. The second-order valence-electron chi connectivity index (χ2n) is 2.84. The van der Waals surface area contributed by atoms with E-state index in [4.69, 9.17) is 0 Å². The van der Waals surface area contributed by atoms with Crippen LogP contribution in [-0.2, 0) is 0 Å². The zero-order chi connectivity index (χ0) is 9.68. The number of urea groups is 1. The third-order valence-electron chi connectivity index (χ3n) is 1.79. The standard InChI is InChI=1S/C9H13FN2O/c1-2-5-11-9(13)12-6-3-4-8(10)7-12/h2,4H,1,3,5-7H2,(H,11,13). The highest BCUT2D eigenvalue weighted by atomic mass is 19.1. The van der Waals surface area contributed by atoms with E-state index in [9.17, 15) is 9.18 Å². The number of nitrogens with one attached hydrogen (secondary N) is 1. The van der Waals surface area contributed by atoms with E-state index in [1.54, 1.807) is 6.08 Å². The summed E-state index contributed by atoms with van der Waals surface area (Å²) in [6, 6.07) is -0.233. The summed E-state index contributed by atoms with van der Waals surface area (Å²) in [6.07, 6.45) is 3.69. The van der Waals surface area contributed by atoms with E-state index in [1.165, 1.54) is 11.0 Å². The Morgan fingerprint density at radius 2 is 2.62 bits per heavy atom. The minimum Gasteiger partial charge on any atom is -0.335 e. The van der Waals surface area contributed by atoms with Gasteiger partial charge in [0, 0.05) is 13.1 Å². The molecule has 72 valence electrons. The molecule has 0 atom stereocenters. The molecule has 0 saturated heterocycles. The van der Waals surface area contributed by atoms with E-state index in [-0.39, 0.29) is 18.4 Å². The maximum absolute atomic E-state index is 12.7. The summed E-state index contributed by atoms with van der Waals surface area (Å²) >= 11 is 0. The lowest BCUT2D eigenvalue weighted by Crippen LogP contribution is -2.42. The molecule has 1 heterocycles. The molecular formula is C9H13FN2O. The van der Waals surface area contributed by atoms with Crippen molar-refractivity contribution in [1.29, 1.82) is 0 Å². The molecule has 0 aromatic heterocycles. The molecule has 0 bridgehead atoms. The van der Waals surface area contributed by atoms with Crippen molar-refractivity contribution < 1.29 is 9.18 Å². The smallest absolute Gasteiger partial charge is 0.318 e. The van der Waals surface area contributed by atoms with Gasteiger partial charge in [-0.2, -0.15) is 0 Å². The Labute approximate surface area is 76.9 Å². The lowest BCUT2D eigenvalue weighted by atomic mass is 10.2. The Hall–Kier alpha value is -1.32. The van der Waals surface area contributed by atoms with Gasteiger partial charge in [-0.25, -0.2) is 9.18 Å². The van der Waals surface area contributed by atoms with Crippen LogP contribution in [0.25, 0.3) is 0 Å². The first kappa shape index (κ1) is 9.77. The first-order valence-electron chi connectivity index (χ1n) is 4.22. The summed E-state index contributed by atoms with van der Waals surface area (Å²) in [5.41, 5.74) is 0. The highest BCUT2D eigenvalue weighted by Crippen LogP contribution is 2.09. The molecule has 2 amide bonds. The largest absolute Gasteiger partial charge is 0.335 e. The highest BCUT2D eigenvalue weighted by Gasteiger charge is 2.16. The summed E-state index contributed by atoms with van der Waals surface area (Å²) in [6.45, 7) is 4.56. The summed E-state index contributed by atoms with van der Waals surface area (Å²) in [5.74, 6) is -0.236. The summed E-state index contributed by atoms with van der Waals surface area (Å²) in [5, 5.41) is 2.60. The van der Waals surface area contributed by atoms with Crippen LogP contribution >= 0.6 is 0 Å². The van der Waals surface area contributed by atoms with E-state index in [0.29, 0.717) is 19.5 Å². The van der Waals surface area contributed by atoms with Crippen LogP contribution in [0.3, 0.4) is 0 Å². The predicted molar refractivity (Wildman–Crippen MR) is 49.0 cm³/mol. The zero-order valence-electron chi connectivity index (χ0n) is 7.42. The molecule has 0 unspecified atom stereocenters. The number of halogens is 1. The molecule has 1 rings (SSSR count). The molecule has 13 heavy (non-hydrogen) atoms. The van der Waals surface area contributed by atoms with Crippen LogP contribution in [-0.4, -0.2) is 30.6 Å². The van der Waals surface area contributed by atoms with Gasteiger partial charge < -0.3 is 10.2 Å². The van der Waals surface area contributed by atoms with Crippen LogP contribution in [0.1, 0.15) is 6.42 Å². The molecule has 1 N–H and O–H groups in total. The first-order valence-corrected chi connectivity index (χ1v) is 4.22. The molecule has 0 spiro atoms. The van der Waals surface area contributed by atoms with Crippen molar-refractivity contribution in [3.05, 3.63) is 24.6 Å². The average molecular weight is 184 g/mol. The monoisotopic (exact) mass is 184 g/mol. The van der Waals surface area contributed by atoms with Gasteiger partial charge in [-0.05, 0) is 12.5 Å². The summed E-state index contributed by atoms with van der Waals surface area (Å²) < 4.78 is 12.7. The fraction of sp³-hybridized carbons (Fsp3) is 0.444. The Bertz CT molecular complexity index is 238. The number of amides is 2. The Balaban J connectivity index is 2.39. The van der Waals surface area contributed by atoms with Crippen LogP contribution in [0.15, 0.2) is 24.6 Å². The van der Waals surface area contributed by atoms with Crippen molar-refractivity contribution in [3.63, 3.8) is 0 Å². The number of carbonyl (C=O) groups is 1. The molecule has 1 aliphatic rings. The van der Waals surface area contributed by atoms with Crippen molar-refractivity contribution in [2.24, 2.45) is 0 Å². The van der Waals surface area contributed by atoms with Gasteiger partial charge >= 0.3 is 6.03 Å². The third kappa shape index (κ3) is 2.89. The summed E-state index contributed by atoms with van der Waals surface area (Å²) in [4.78, 5) is 12.7. The number of hydrogen-bond donors (Lipinski definition) is 1. The van der Waals surface area contributed by atoms with Crippen LogP contribution < -0.4 is 5.32 Å². The summed E-state index contributed by atoms with van der Waals surface area (Å²) in [7, 11) is 0. The van der Waals surface area contributed by atoms with E-state index in [2.05, 4.69) is 11.9 Å². The molecule has 0 radical (unpaired) electrons. The minimum atomic E-state index is -0.236. The highest BCUT2D eigenvalue weighted by molar-refractivity contribution is 5.74. The van der Waals surface area contributed by atoms with E-state index >= 15 is 0 Å². The number of carbonyl (C=O) groups excluding carboxylic acids is 1. The van der Waals surface area contributed by atoms with Gasteiger partial charge in [0.15, 0.2) is 0 Å². The van der Waals surface area contributed by atoms with Crippen molar-refractivity contribution in [2.45, 2.75) is 6.42 Å². The van der Waals surface area contributed by atoms with E-state index < -0.39 is 0 Å². The van der Waals surface area contributed by atoms with Gasteiger partial charge in [-0.15, -0.1) is 6.58 Å². The molecule has 0 saturated carbocycles. The van der Waals surface area contributed by atoms with Crippen molar-refractivity contribution in [1.82, 2.24) is 10.2 Å². The normalized spacial score (nSPS) is 16.4. The molecule has 3 nitrogen and oxygen atoms in total. The lowest BCUT2D eigenvalue weighted by Gasteiger charge is -2.24. The maximum Gasteiger partial charge on any atom is 0.318 e. The minimum absolute atomic E-state index is 0.0863. The first-order chi connectivity index (χ1) is 6.24. The Morgan fingerprint density at radius 3 is 3.23 bits per heavy atom. The van der Waals surface area contributed by atoms with Gasteiger partial charge in [-0.1, -0.05) is 6.08 Å². The van der Waals surface area contributed by atoms with Crippen LogP contribution in [0.4, 0.5) is 9.18 Å². The fourth-order valence-electron chi connectivity index (χ4n) is 1.15. The van der Waals surface area contributed by atoms with Crippen LogP contribution in [0, 0.1) is 0 Å². The second kappa shape index (κ2) is 4.64. The van der Waals surface area contributed by atoms with Crippen molar-refractivity contribution in [2.75, 3.05) is 19.6 Å². The topological polar surface area (TPSA) is 32.3 Å². The molecule has 0 aromatic rings. The Morgan fingerprint density at radius 1 is 1.85 bits per heavy atom. The Kier molecular flexibility index (Phi) is 3.49. The van der Waals surface area contributed by atoms with Gasteiger partial charge in [-0.3, -0.25) is 0 Å². The van der Waals surface area contributed by atoms with E-state index in [1.807, 2.05) is 0 Å². The van der Waals surface area contributed by atoms with Gasteiger partial charge in [0.2, 0.25) is 0 Å². The molecule has 1 aliphatic heterocycles. The predicted octanol–water partition coefficient (Wildman–Crippen LogP) is 1.44. The van der Waals surface area contributed by atoms with Crippen LogP contribution in [0.2, 0.25) is 0 Å². The second-order valence-corrected chi connectivity index (χ2v) is 2.84. The van der Waals surface area contributed by atoms with Gasteiger partial charge in [0.1, 0.15) is 5.83 Å². The fourth-order valence-corrected chi connectivity index (χ4v) is 1.15. The molecule has 0 aliphatic carbocycles. The number of hydrogen-bond acceptors (Lipinski definition) is 1. The van der Waals surface area contributed by atoms with Crippen molar-refractivity contribution >= 4 is 6.03 Å². The van der Waals surface area contributed by atoms with E-state index in [0.717, 1.165) is 0 Å². The zero-order valence-corrected chi connectivity index (χ0v) is 7.42. The maximum atomic E-state index is 12.7. The third-order valence-corrected chi connectivity index (χ3v) is 1.79. The number of rotatable bonds is 2. The molecule has 4 heteroatoms. The van der Waals surface area contributed by atoms with Crippen molar-refractivity contribution in [3.8, 4) is 0 Å². The molecule has 0 aromatic carbocycles. The number of nitrogens with zero attached hydrogens (tertiary/aromatic N) is 1. The van der Waals surface area contributed by atoms with Gasteiger partial charge in [0.05, 0.1) is 6.54 Å². The molecule has 0 fully saturated rings. The average Bonchev–Trinajstić information content (AvgIpc) is 2.14. The quantitative estimate of drug-likeness (QED) is 0.647. The van der Waals surface area contributed by atoms with Crippen LogP contribution in [0.5, 0.6) is 0 Å². The lowest BCUT2D eigenvalue weighted by molar-refractivity contribution is 0.198.